The lowest BCUT2D eigenvalue weighted by atomic mass is 10.1. The number of nitrogens with zero attached hydrogens (tertiary/aromatic N) is 4. The highest BCUT2D eigenvalue weighted by atomic mass is 16.6. The fourth-order valence-corrected chi connectivity index (χ4v) is 3.20. The Kier molecular flexibility index (Phi) is 5.64. The highest BCUT2D eigenvalue weighted by molar-refractivity contribution is 6.32. The van der Waals surface area contributed by atoms with Crippen LogP contribution in [0.5, 0.6) is 11.5 Å². The maximum absolute atomic E-state index is 12.8. The zero-order chi connectivity index (χ0) is 23.5. The second-order valence-corrected chi connectivity index (χ2v) is 7.03. The molecule has 1 amide bonds. The minimum absolute atomic E-state index is 0.121. The van der Waals surface area contributed by atoms with E-state index in [9.17, 15) is 25.0 Å². The molecule has 10 nitrogen and oxygen atoms in total. The van der Waals surface area contributed by atoms with Crippen LogP contribution < -0.4 is 9.75 Å². The number of ether oxygens (including phenoxy) is 1. The van der Waals surface area contributed by atoms with Crippen LogP contribution in [0.3, 0.4) is 0 Å². The van der Waals surface area contributed by atoms with Gasteiger partial charge in [-0.3, -0.25) is 25.0 Å². The number of amides is 1. The van der Waals surface area contributed by atoms with Gasteiger partial charge in [-0.15, -0.1) is 0 Å². The van der Waals surface area contributed by atoms with Crippen LogP contribution in [0.1, 0.15) is 12.5 Å². The summed E-state index contributed by atoms with van der Waals surface area (Å²) in [5.74, 6) is -0.0761. The molecule has 0 radical (unpaired) electrons. The Morgan fingerprint density at radius 2 is 1.64 bits per heavy atom. The summed E-state index contributed by atoms with van der Waals surface area (Å²) in [4.78, 5) is 33.5. The molecule has 0 spiro atoms. The first-order valence-electron chi connectivity index (χ1n) is 9.71. The van der Waals surface area contributed by atoms with E-state index in [1.54, 1.807) is 49.4 Å². The highest BCUT2D eigenvalue weighted by Crippen LogP contribution is 2.34. The van der Waals surface area contributed by atoms with E-state index >= 15 is 0 Å². The lowest BCUT2D eigenvalue weighted by Crippen LogP contribution is -2.21. The summed E-state index contributed by atoms with van der Waals surface area (Å²) in [5.41, 5.74) is 1.47. The molecule has 1 aliphatic heterocycles. The molecule has 0 N–H and O–H groups in total. The van der Waals surface area contributed by atoms with Gasteiger partial charge in [0.05, 0.1) is 32.9 Å². The number of non-ortho nitro benzene ring substituents is 1. The predicted molar refractivity (Wildman–Crippen MR) is 121 cm³/mol. The van der Waals surface area contributed by atoms with E-state index in [2.05, 4.69) is 5.10 Å². The summed E-state index contributed by atoms with van der Waals surface area (Å²) in [5, 5.41) is 27.8. The monoisotopic (exact) mass is 444 g/mol. The Morgan fingerprint density at radius 3 is 2.27 bits per heavy atom. The number of para-hydroxylation sites is 1. The normalized spacial score (nSPS) is 14.3. The Hall–Kier alpha value is -4.86. The Morgan fingerprint density at radius 1 is 0.939 bits per heavy atom. The molecule has 0 atom stereocenters. The van der Waals surface area contributed by atoms with Crippen LogP contribution in [0.15, 0.2) is 83.5 Å². The van der Waals surface area contributed by atoms with Gasteiger partial charge in [0.1, 0.15) is 5.75 Å². The van der Waals surface area contributed by atoms with Crippen molar-refractivity contribution in [2.75, 3.05) is 5.01 Å². The molecular weight excluding hydrogens is 428 g/mol. The smallest absolute Gasteiger partial charge is 0.318 e. The van der Waals surface area contributed by atoms with Gasteiger partial charge in [-0.1, -0.05) is 30.3 Å². The number of hydrogen-bond acceptors (Lipinski definition) is 7. The maximum Gasteiger partial charge on any atom is 0.318 e. The third-order valence-corrected chi connectivity index (χ3v) is 4.83. The zero-order valence-corrected chi connectivity index (χ0v) is 17.2. The van der Waals surface area contributed by atoms with E-state index < -0.39 is 21.2 Å². The van der Waals surface area contributed by atoms with Crippen molar-refractivity contribution in [3.8, 4) is 11.5 Å². The number of nitro groups is 2. The Labute approximate surface area is 187 Å². The van der Waals surface area contributed by atoms with Gasteiger partial charge < -0.3 is 4.74 Å². The molecule has 3 aromatic carbocycles. The lowest BCUT2D eigenvalue weighted by Gasteiger charge is -2.11. The van der Waals surface area contributed by atoms with E-state index in [-0.39, 0.29) is 11.7 Å². The number of hydrazone groups is 1. The van der Waals surface area contributed by atoms with Gasteiger partial charge in [-0.05, 0) is 48.9 Å². The van der Waals surface area contributed by atoms with Crippen LogP contribution in [-0.4, -0.2) is 21.5 Å². The second-order valence-electron chi connectivity index (χ2n) is 7.03. The Bertz CT molecular complexity index is 1320. The molecule has 10 heteroatoms. The fraction of sp³-hybridized carbons (Fsp3) is 0.0435. The first kappa shape index (κ1) is 21.4. The SMILES string of the molecule is CC1=NN(c2ccccc2)C(=O)/C1=C\c1ccc(Oc2ccc([N+](=O)[O-])cc2[N+](=O)[O-])cc1. The van der Waals surface area contributed by atoms with Gasteiger partial charge >= 0.3 is 5.69 Å². The summed E-state index contributed by atoms with van der Waals surface area (Å²) in [6.07, 6.45) is 1.70. The van der Waals surface area contributed by atoms with E-state index in [4.69, 9.17) is 4.74 Å². The van der Waals surface area contributed by atoms with E-state index in [0.29, 0.717) is 28.3 Å². The number of carbonyl (C=O) groups excluding carboxylic acids is 1. The summed E-state index contributed by atoms with van der Waals surface area (Å²) < 4.78 is 5.56. The zero-order valence-electron chi connectivity index (χ0n) is 17.2. The summed E-state index contributed by atoms with van der Waals surface area (Å²) in [6.45, 7) is 1.75. The molecule has 0 unspecified atom stereocenters. The van der Waals surface area contributed by atoms with Crippen molar-refractivity contribution in [2.45, 2.75) is 6.92 Å². The van der Waals surface area contributed by atoms with E-state index in [1.807, 2.05) is 18.2 Å². The molecular formula is C23H16N4O6. The average Bonchev–Trinajstić information content (AvgIpc) is 3.09. The average molecular weight is 444 g/mol. The number of hydrogen-bond donors (Lipinski definition) is 0. The molecule has 0 aliphatic carbocycles. The van der Waals surface area contributed by atoms with Crippen LogP contribution in [-0.2, 0) is 4.79 Å². The number of rotatable bonds is 6. The second kappa shape index (κ2) is 8.71. The standard InChI is InChI=1S/C23H16N4O6/c1-15-20(23(28)25(24-15)17-5-3-2-4-6-17)13-16-7-10-19(11-8-16)33-22-12-9-18(26(29)30)14-21(22)27(31)32/h2-14H,1H3/b20-13-. The van der Waals surface area contributed by atoms with Gasteiger partial charge in [0.25, 0.3) is 11.6 Å². The van der Waals surface area contributed by atoms with Crippen LogP contribution >= 0.6 is 0 Å². The molecule has 0 aromatic heterocycles. The first-order chi connectivity index (χ1) is 15.8. The predicted octanol–water partition coefficient (Wildman–Crippen LogP) is 5.10. The molecule has 0 fully saturated rings. The number of anilines is 1. The molecule has 0 bridgehead atoms. The summed E-state index contributed by atoms with van der Waals surface area (Å²) in [7, 11) is 0. The van der Waals surface area contributed by atoms with Crippen LogP contribution in [0.2, 0.25) is 0 Å². The lowest BCUT2D eigenvalue weighted by molar-refractivity contribution is -0.394. The van der Waals surface area contributed by atoms with Gasteiger partial charge in [-0.25, -0.2) is 0 Å². The first-order valence-corrected chi connectivity index (χ1v) is 9.71. The topological polar surface area (TPSA) is 128 Å². The summed E-state index contributed by atoms with van der Waals surface area (Å²) in [6, 6.07) is 18.8. The Balaban J connectivity index is 1.54. The molecule has 0 saturated carbocycles. The number of carbonyl (C=O) groups is 1. The van der Waals surface area contributed by atoms with Gasteiger partial charge in [0.2, 0.25) is 5.75 Å². The van der Waals surface area contributed by atoms with Crippen LogP contribution in [0, 0.1) is 20.2 Å². The van der Waals surface area contributed by atoms with E-state index in [0.717, 1.165) is 12.1 Å². The van der Waals surface area contributed by atoms with Crippen molar-refractivity contribution in [1.82, 2.24) is 0 Å². The molecule has 1 aliphatic rings. The molecule has 0 saturated heterocycles. The van der Waals surface area contributed by atoms with Crippen molar-refractivity contribution in [3.63, 3.8) is 0 Å². The molecule has 4 rings (SSSR count). The van der Waals surface area contributed by atoms with Crippen molar-refractivity contribution in [1.29, 1.82) is 0 Å². The maximum atomic E-state index is 12.8. The highest BCUT2D eigenvalue weighted by Gasteiger charge is 2.28. The minimum atomic E-state index is -0.743. The van der Waals surface area contributed by atoms with Crippen molar-refractivity contribution in [2.24, 2.45) is 5.10 Å². The molecule has 3 aromatic rings. The fourth-order valence-electron chi connectivity index (χ4n) is 3.20. The third-order valence-electron chi connectivity index (χ3n) is 4.83. The number of nitro benzene ring substituents is 2. The molecule has 1 heterocycles. The molecule has 164 valence electrons. The van der Waals surface area contributed by atoms with Crippen molar-refractivity contribution >= 4 is 34.8 Å². The van der Waals surface area contributed by atoms with Crippen LogP contribution in [0.25, 0.3) is 6.08 Å². The summed E-state index contributed by atoms with van der Waals surface area (Å²) >= 11 is 0. The quantitative estimate of drug-likeness (QED) is 0.295. The van der Waals surface area contributed by atoms with Crippen molar-refractivity contribution < 1.29 is 19.4 Å². The minimum Gasteiger partial charge on any atom is -0.450 e. The largest absolute Gasteiger partial charge is 0.450 e. The number of benzene rings is 3. The molecule has 33 heavy (non-hydrogen) atoms. The van der Waals surface area contributed by atoms with Gasteiger partial charge in [0, 0.05) is 6.07 Å². The van der Waals surface area contributed by atoms with Crippen LogP contribution in [0.4, 0.5) is 17.1 Å². The van der Waals surface area contributed by atoms with E-state index in [1.165, 1.54) is 11.1 Å². The van der Waals surface area contributed by atoms with Crippen molar-refractivity contribution in [3.05, 3.63) is 104 Å². The van der Waals surface area contributed by atoms with Gasteiger partial charge in [0.15, 0.2) is 0 Å². The third kappa shape index (κ3) is 4.44. The van der Waals surface area contributed by atoms with Gasteiger partial charge in [-0.2, -0.15) is 10.1 Å².